The van der Waals surface area contributed by atoms with E-state index in [0.717, 1.165) is 44.3 Å². The molecule has 2 amide bonds. The van der Waals surface area contributed by atoms with Crippen molar-refractivity contribution in [3.63, 3.8) is 0 Å². The first-order chi connectivity index (χ1) is 12.6. The molecule has 2 saturated carbocycles. The van der Waals surface area contributed by atoms with E-state index in [1.165, 1.54) is 0 Å². The summed E-state index contributed by atoms with van der Waals surface area (Å²) >= 11 is 0. The number of aromatic nitrogens is 1. The number of nitrogens with zero attached hydrogens (tertiary/aromatic N) is 2. The van der Waals surface area contributed by atoms with Crippen LogP contribution in [-0.4, -0.2) is 58.8 Å². The van der Waals surface area contributed by atoms with Gasteiger partial charge in [0.2, 0.25) is 5.91 Å². The lowest BCUT2D eigenvalue weighted by Gasteiger charge is -2.37. The van der Waals surface area contributed by atoms with Gasteiger partial charge in [-0.3, -0.25) is 9.59 Å². The topological polar surface area (TPSA) is 122 Å². The van der Waals surface area contributed by atoms with Gasteiger partial charge in [0.15, 0.2) is 5.69 Å². The fourth-order valence-corrected chi connectivity index (χ4v) is 3.63. The fraction of sp³-hybridized carbons (Fsp3) is 0.722. The van der Waals surface area contributed by atoms with Crippen LogP contribution in [0.2, 0.25) is 0 Å². The standard InChI is InChI=1S/C18H28N4O4/c19-8-7-17(24)22(9-10-23)14-5-3-13(4-6-14)20-18(25)15-11-16(26-21-15)12-1-2-12/h11-14,23H,1-10,19H2,(H,20,25). The monoisotopic (exact) mass is 364 g/mol. The summed E-state index contributed by atoms with van der Waals surface area (Å²) in [6.45, 7) is 0.596. The highest BCUT2D eigenvalue weighted by Gasteiger charge is 2.31. The summed E-state index contributed by atoms with van der Waals surface area (Å²) in [6, 6.07) is 1.91. The van der Waals surface area contributed by atoms with E-state index in [-0.39, 0.29) is 30.5 Å². The lowest BCUT2D eigenvalue weighted by atomic mass is 9.89. The summed E-state index contributed by atoms with van der Waals surface area (Å²) in [5, 5.41) is 16.1. The second-order valence-corrected chi connectivity index (χ2v) is 7.22. The second kappa shape index (κ2) is 8.64. The third-order valence-corrected chi connectivity index (χ3v) is 5.23. The molecule has 8 nitrogen and oxygen atoms in total. The van der Waals surface area contributed by atoms with Crippen LogP contribution in [0.3, 0.4) is 0 Å². The molecule has 0 atom stereocenters. The normalized spacial score (nSPS) is 22.8. The lowest BCUT2D eigenvalue weighted by Crippen LogP contribution is -2.47. The minimum Gasteiger partial charge on any atom is -0.395 e. The predicted octanol–water partition coefficient (Wildman–Crippen LogP) is 0.763. The number of rotatable bonds is 8. The van der Waals surface area contributed by atoms with Crippen molar-refractivity contribution < 1.29 is 19.2 Å². The third-order valence-electron chi connectivity index (χ3n) is 5.23. The first-order valence-corrected chi connectivity index (χ1v) is 9.50. The van der Waals surface area contributed by atoms with E-state index in [1.807, 2.05) is 0 Å². The fourth-order valence-electron chi connectivity index (χ4n) is 3.63. The molecule has 1 heterocycles. The van der Waals surface area contributed by atoms with Crippen LogP contribution in [0.1, 0.15) is 67.1 Å². The maximum absolute atomic E-state index is 12.3. The van der Waals surface area contributed by atoms with Crippen LogP contribution >= 0.6 is 0 Å². The average molecular weight is 364 g/mol. The van der Waals surface area contributed by atoms with Gasteiger partial charge < -0.3 is 25.6 Å². The third kappa shape index (κ3) is 4.62. The molecular formula is C18H28N4O4. The summed E-state index contributed by atoms with van der Waals surface area (Å²) in [6.07, 6.45) is 5.69. The zero-order chi connectivity index (χ0) is 18.5. The quantitative estimate of drug-likeness (QED) is 0.626. The van der Waals surface area contributed by atoms with E-state index in [1.54, 1.807) is 11.0 Å². The number of nitrogens with two attached hydrogens (primary N) is 1. The van der Waals surface area contributed by atoms with Crippen LogP contribution in [0, 0.1) is 0 Å². The Morgan fingerprint density at radius 3 is 2.62 bits per heavy atom. The number of carbonyl (C=O) groups is 2. The Hall–Kier alpha value is -1.93. The molecule has 1 aromatic heterocycles. The highest BCUT2D eigenvalue weighted by atomic mass is 16.5. The van der Waals surface area contributed by atoms with Crippen molar-refractivity contribution in [1.82, 2.24) is 15.4 Å². The van der Waals surface area contributed by atoms with Gasteiger partial charge in [0.05, 0.1) is 6.61 Å². The van der Waals surface area contributed by atoms with Crippen molar-refractivity contribution in [2.24, 2.45) is 5.73 Å². The molecule has 0 unspecified atom stereocenters. The number of carbonyl (C=O) groups excluding carboxylic acids is 2. The second-order valence-electron chi connectivity index (χ2n) is 7.22. The Kier molecular flexibility index (Phi) is 6.26. The van der Waals surface area contributed by atoms with E-state index >= 15 is 0 Å². The molecule has 0 bridgehead atoms. The van der Waals surface area contributed by atoms with Crippen molar-refractivity contribution in [3.05, 3.63) is 17.5 Å². The van der Waals surface area contributed by atoms with Crippen LogP contribution in [0.4, 0.5) is 0 Å². The van der Waals surface area contributed by atoms with Gasteiger partial charge in [0, 0.05) is 43.6 Å². The zero-order valence-electron chi connectivity index (χ0n) is 15.0. The summed E-state index contributed by atoms with van der Waals surface area (Å²) < 4.78 is 5.23. The molecule has 4 N–H and O–H groups in total. The van der Waals surface area contributed by atoms with Crippen molar-refractivity contribution in [2.75, 3.05) is 19.7 Å². The van der Waals surface area contributed by atoms with Gasteiger partial charge in [0.25, 0.3) is 5.91 Å². The molecular weight excluding hydrogens is 336 g/mol. The number of aliphatic hydroxyl groups is 1. The van der Waals surface area contributed by atoms with E-state index < -0.39 is 0 Å². The van der Waals surface area contributed by atoms with Crippen LogP contribution in [0.15, 0.2) is 10.6 Å². The summed E-state index contributed by atoms with van der Waals surface area (Å²) in [5.41, 5.74) is 5.82. The molecule has 26 heavy (non-hydrogen) atoms. The van der Waals surface area contributed by atoms with Gasteiger partial charge in [-0.1, -0.05) is 5.16 Å². The maximum atomic E-state index is 12.3. The Morgan fingerprint density at radius 1 is 1.27 bits per heavy atom. The number of nitrogens with one attached hydrogen (secondary N) is 1. The Labute approximate surface area is 153 Å². The number of aliphatic hydroxyl groups excluding tert-OH is 1. The predicted molar refractivity (Wildman–Crippen MR) is 94.5 cm³/mol. The molecule has 2 aliphatic rings. The largest absolute Gasteiger partial charge is 0.395 e. The summed E-state index contributed by atoms with van der Waals surface area (Å²) in [5.74, 6) is 1.03. The number of hydrogen-bond donors (Lipinski definition) is 3. The van der Waals surface area contributed by atoms with E-state index in [4.69, 9.17) is 10.3 Å². The Bertz CT molecular complexity index is 620. The molecule has 1 aromatic rings. The molecule has 0 aromatic carbocycles. The van der Waals surface area contributed by atoms with Crippen LogP contribution < -0.4 is 11.1 Å². The van der Waals surface area contributed by atoms with Gasteiger partial charge in [-0.25, -0.2) is 0 Å². The Balaban J connectivity index is 1.49. The van der Waals surface area contributed by atoms with E-state index in [2.05, 4.69) is 10.5 Å². The minimum atomic E-state index is -0.199. The van der Waals surface area contributed by atoms with E-state index in [0.29, 0.717) is 31.1 Å². The number of amides is 2. The van der Waals surface area contributed by atoms with Gasteiger partial charge in [-0.05, 0) is 38.5 Å². The zero-order valence-corrected chi connectivity index (χ0v) is 15.0. The van der Waals surface area contributed by atoms with Crippen LogP contribution in [-0.2, 0) is 4.79 Å². The highest BCUT2D eigenvalue weighted by Crippen LogP contribution is 2.40. The van der Waals surface area contributed by atoms with Gasteiger partial charge in [-0.15, -0.1) is 0 Å². The molecule has 144 valence electrons. The summed E-state index contributed by atoms with van der Waals surface area (Å²) in [7, 11) is 0. The van der Waals surface area contributed by atoms with Crippen molar-refractivity contribution in [1.29, 1.82) is 0 Å². The molecule has 2 aliphatic carbocycles. The lowest BCUT2D eigenvalue weighted by molar-refractivity contribution is -0.134. The Morgan fingerprint density at radius 2 is 2.00 bits per heavy atom. The van der Waals surface area contributed by atoms with Crippen LogP contribution in [0.25, 0.3) is 0 Å². The van der Waals surface area contributed by atoms with Gasteiger partial charge in [0.1, 0.15) is 5.76 Å². The number of hydrogen-bond acceptors (Lipinski definition) is 6. The molecule has 0 aliphatic heterocycles. The average Bonchev–Trinajstić information content (AvgIpc) is 3.37. The maximum Gasteiger partial charge on any atom is 0.273 e. The van der Waals surface area contributed by atoms with Crippen molar-refractivity contribution in [2.45, 2.75) is 62.9 Å². The van der Waals surface area contributed by atoms with Gasteiger partial charge in [-0.2, -0.15) is 0 Å². The van der Waals surface area contributed by atoms with Gasteiger partial charge >= 0.3 is 0 Å². The minimum absolute atomic E-state index is 0.00996. The van der Waals surface area contributed by atoms with Crippen molar-refractivity contribution >= 4 is 11.8 Å². The van der Waals surface area contributed by atoms with Crippen molar-refractivity contribution in [3.8, 4) is 0 Å². The molecule has 0 spiro atoms. The first kappa shape index (κ1) is 18.8. The molecule has 0 radical (unpaired) electrons. The SMILES string of the molecule is NCCC(=O)N(CCO)C1CCC(NC(=O)c2cc(C3CC3)on2)CC1. The smallest absolute Gasteiger partial charge is 0.273 e. The highest BCUT2D eigenvalue weighted by molar-refractivity contribution is 5.92. The molecule has 8 heteroatoms. The molecule has 3 rings (SSSR count). The first-order valence-electron chi connectivity index (χ1n) is 9.50. The van der Waals surface area contributed by atoms with E-state index in [9.17, 15) is 14.7 Å². The molecule has 0 saturated heterocycles. The van der Waals surface area contributed by atoms with Crippen LogP contribution in [0.5, 0.6) is 0 Å². The molecule has 2 fully saturated rings. The summed E-state index contributed by atoms with van der Waals surface area (Å²) in [4.78, 5) is 26.3.